The van der Waals surface area contributed by atoms with Gasteiger partial charge in [-0.3, -0.25) is 0 Å². The van der Waals surface area contributed by atoms with Crippen LogP contribution in [0.2, 0.25) is 0 Å². The number of hydrogen-bond acceptors (Lipinski definition) is 2. The molecule has 2 nitrogen and oxygen atoms in total. The van der Waals surface area contributed by atoms with Gasteiger partial charge >= 0.3 is 0 Å². The fourth-order valence-corrected chi connectivity index (χ4v) is 3.14. The van der Waals surface area contributed by atoms with E-state index < -0.39 is 0 Å². The number of benzene rings is 2. The van der Waals surface area contributed by atoms with Crippen LogP contribution in [-0.4, -0.2) is 6.04 Å². The van der Waals surface area contributed by atoms with Gasteiger partial charge in [-0.25, -0.2) is 0 Å². The van der Waals surface area contributed by atoms with Crippen LogP contribution in [0.1, 0.15) is 29.5 Å². The maximum absolute atomic E-state index is 9.59. The van der Waals surface area contributed by atoms with E-state index in [9.17, 15) is 5.26 Å². The number of aryl methyl sites for hydroxylation is 2. The second kappa shape index (κ2) is 5.26. The molecule has 0 unspecified atom stereocenters. The lowest BCUT2D eigenvalue weighted by molar-refractivity contribution is 0.289. The normalized spacial score (nSPS) is 24.0. The van der Waals surface area contributed by atoms with Gasteiger partial charge in [0.2, 0.25) is 0 Å². The van der Waals surface area contributed by atoms with Crippen molar-refractivity contribution < 1.29 is 0 Å². The minimum Gasteiger partial charge on any atom is -0.382 e. The fourth-order valence-electron chi connectivity index (χ4n) is 3.14. The van der Waals surface area contributed by atoms with Gasteiger partial charge in [0.05, 0.1) is 11.5 Å². The molecule has 1 aliphatic rings. The van der Waals surface area contributed by atoms with Gasteiger partial charge in [0, 0.05) is 11.7 Å². The van der Waals surface area contributed by atoms with E-state index in [1.165, 1.54) is 16.8 Å². The number of anilines is 1. The first-order valence-electron chi connectivity index (χ1n) is 7.43. The predicted molar refractivity (Wildman–Crippen MR) is 86.3 cm³/mol. The summed E-state index contributed by atoms with van der Waals surface area (Å²) in [5.41, 5.74) is 4.55. The first-order chi connectivity index (χ1) is 10.1. The number of hydrogen-bond donors (Lipinski definition) is 1. The molecule has 0 aliphatic heterocycles. The van der Waals surface area contributed by atoms with Crippen LogP contribution in [0.4, 0.5) is 5.69 Å². The zero-order chi connectivity index (χ0) is 14.9. The molecule has 1 fully saturated rings. The molecular formula is C19H20N2. The molecule has 2 heteroatoms. The summed E-state index contributed by atoms with van der Waals surface area (Å²) in [6.45, 7) is 4.23. The third-order valence-electron chi connectivity index (χ3n) is 4.48. The third-order valence-corrected chi connectivity index (χ3v) is 4.48. The first-order valence-corrected chi connectivity index (χ1v) is 7.43. The molecule has 0 aromatic heterocycles. The lowest BCUT2D eigenvalue weighted by Gasteiger charge is -2.44. The van der Waals surface area contributed by atoms with Crippen molar-refractivity contribution in [2.45, 2.75) is 38.1 Å². The van der Waals surface area contributed by atoms with Crippen LogP contribution in [0.15, 0.2) is 48.5 Å². The van der Waals surface area contributed by atoms with E-state index in [4.69, 9.17) is 0 Å². The molecule has 0 atom stereocenters. The van der Waals surface area contributed by atoms with E-state index in [0.717, 1.165) is 18.4 Å². The van der Waals surface area contributed by atoms with Gasteiger partial charge in [-0.2, -0.15) is 5.26 Å². The second-order valence-electron chi connectivity index (χ2n) is 6.13. The molecule has 106 valence electrons. The topological polar surface area (TPSA) is 35.8 Å². The molecule has 0 saturated heterocycles. The van der Waals surface area contributed by atoms with Crippen LogP contribution in [0, 0.1) is 25.2 Å². The monoisotopic (exact) mass is 276 g/mol. The lowest BCUT2D eigenvalue weighted by atomic mass is 9.62. The summed E-state index contributed by atoms with van der Waals surface area (Å²) < 4.78 is 0. The second-order valence-corrected chi connectivity index (χ2v) is 6.13. The van der Waals surface area contributed by atoms with Crippen molar-refractivity contribution in [3.8, 4) is 6.07 Å². The summed E-state index contributed by atoms with van der Waals surface area (Å²) in [6, 6.07) is 19.5. The molecule has 0 amide bonds. The molecule has 0 heterocycles. The van der Waals surface area contributed by atoms with Crippen molar-refractivity contribution in [2.24, 2.45) is 0 Å². The zero-order valence-corrected chi connectivity index (χ0v) is 12.6. The van der Waals surface area contributed by atoms with Gasteiger partial charge in [-0.1, -0.05) is 42.5 Å². The molecule has 2 aromatic carbocycles. The van der Waals surface area contributed by atoms with Crippen LogP contribution in [0.3, 0.4) is 0 Å². The molecule has 2 aromatic rings. The van der Waals surface area contributed by atoms with Crippen LogP contribution in [0.5, 0.6) is 0 Å². The molecule has 3 rings (SSSR count). The van der Waals surface area contributed by atoms with Crippen molar-refractivity contribution >= 4 is 5.69 Å². The molecule has 21 heavy (non-hydrogen) atoms. The van der Waals surface area contributed by atoms with Crippen LogP contribution in [-0.2, 0) is 5.41 Å². The Balaban J connectivity index is 1.73. The smallest absolute Gasteiger partial charge is 0.0861 e. The lowest BCUT2D eigenvalue weighted by Crippen LogP contribution is -2.47. The average Bonchev–Trinajstić information content (AvgIpc) is 2.47. The SMILES string of the molecule is Cc1ccc(C)c(NC2CC(C#N)(c3ccccc3)C2)c1. The predicted octanol–water partition coefficient (Wildman–Crippen LogP) is 4.34. The van der Waals surface area contributed by atoms with E-state index >= 15 is 0 Å². The fraction of sp³-hybridized carbons (Fsp3) is 0.316. The Bertz CT molecular complexity index is 676. The van der Waals surface area contributed by atoms with Gasteiger partial charge in [-0.05, 0) is 49.4 Å². The molecule has 0 spiro atoms. The number of nitriles is 1. The third kappa shape index (κ3) is 2.52. The highest BCUT2D eigenvalue weighted by molar-refractivity contribution is 5.54. The molecule has 0 bridgehead atoms. The average molecular weight is 276 g/mol. The van der Waals surface area contributed by atoms with Crippen molar-refractivity contribution in [1.82, 2.24) is 0 Å². The van der Waals surface area contributed by atoms with Gasteiger partial charge in [0.15, 0.2) is 0 Å². The zero-order valence-electron chi connectivity index (χ0n) is 12.6. The van der Waals surface area contributed by atoms with E-state index in [2.05, 4.69) is 55.6 Å². The van der Waals surface area contributed by atoms with Crippen LogP contribution >= 0.6 is 0 Å². The maximum atomic E-state index is 9.59. The van der Waals surface area contributed by atoms with E-state index in [0.29, 0.717) is 6.04 Å². The van der Waals surface area contributed by atoms with Crippen LogP contribution in [0.25, 0.3) is 0 Å². The molecule has 1 aliphatic carbocycles. The minimum absolute atomic E-state index is 0.309. The Morgan fingerprint density at radius 1 is 1.10 bits per heavy atom. The van der Waals surface area contributed by atoms with Gasteiger partial charge in [-0.15, -0.1) is 0 Å². The Kier molecular flexibility index (Phi) is 3.43. The van der Waals surface area contributed by atoms with Crippen molar-refractivity contribution in [1.29, 1.82) is 5.26 Å². The highest BCUT2D eigenvalue weighted by Gasteiger charge is 2.46. The highest BCUT2D eigenvalue weighted by Crippen LogP contribution is 2.44. The van der Waals surface area contributed by atoms with Gasteiger partial charge in [0.1, 0.15) is 0 Å². The molecule has 1 saturated carbocycles. The summed E-state index contributed by atoms with van der Waals surface area (Å²) in [6.07, 6.45) is 1.75. The quantitative estimate of drug-likeness (QED) is 0.905. The van der Waals surface area contributed by atoms with Crippen LogP contribution < -0.4 is 5.32 Å². The van der Waals surface area contributed by atoms with Gasteiger partial charge < -0.3 is 5.32 Å². The Hall–Kier alpha value is -2.27. The summed E-state index contributed by atoms with van der Waals surface area (Å²) in [5.74, 6) is 0. The number of nitrogens with one attached hydrogen (secondary N) is 1. The highest BCUT2D eigenvalue weighted by atomic mass is 14.9. The van der Waals surface area contributed by atoms with E-state index in [-0.39, 0.29) is 5.41 Å². The number of nitrogens with zero attached hydrogens (tertiary/aromatic N) is 1. The first kappa shape index (κ1) is 13.7. The van der Waals surface area contributed by atoms with Crippen molar-refractivity contribution in [3.05, 3.63) is 65.2 Å². The summed E-state index contributed by atoms with van der Waals surface area (Å²) >= 11 is 0. The standard InChI is InChI=1S/C19H20N2/c1-14-8-9-15(2)18(10-14)21-17-11-19(12-17,13-20)16-6-4-3-5-7-16/h3-10,17,21H,11-12H2,1-2H3. The summed E-state index contributed by atoms with van der Waals surface area (Å²) in [7, 11) is 0. The molecule has 0 radical (unpaired) electrons. The van der Waals surface area contributed by atoms with Crippen molar-refractivity contribution in [2.75, 3.05) is 5.32 Å². The molecule has 1 N–H and O–H groups in total. The summed E-state index contributed by atoms with van der Waals surface area (Å²) in [5, 5.41) is 13.2. The summed E-state index contributed by atoms with van der Waals surface area (Å²) in [4.78, 5) is 0. The van der Waals surface area contributed by atoms with E-state index in [1.54, 1.807) is 0 Å². The maximum Gasteiger partial charge on any atom is 0.0861 e. The Morgan fingerprint density at radius 3 is 2.48 bits per heavy atom. The Labute approximate surface area is 126 Å². The molecular weight excluding hydrogens is 256 g/mol. The number of rotatable bonds is 3. The minimum atomic E-state index is -0.309. The largest absolute Gasteiger partial charge is 0.382 e. The van der Waals surface area contributed by atoms with Crippen molar-refractivity contribution in [3.63, 3.8) is 0 Å². The Morgan fingerprint density at radius 2 is 1.81 bits per heavy atom. The van der Waals surface area contributed by atoms with E-state index in [1.807, 2.05) is 18.2 Å². The van der Waals surface area contributed by atoms with Gasteiger partial charge in [0.25, 0.3) is 0 Å².